The molecule has 2 rings (SSSR count). The molecule has 0 radical (unpaired) electrons. The Balaban J connectivity index is 2.07. The Morgan fingerprint density at radius 1 is 1.35 bits per heavy atom. The first-order valence-corrected chi connectivity index (χ1v) is 7.48. The number of hydrogen-bond acceptors (Lipinski definition) is 3. The fraction of sp³-hybridized carbons (Fsp3) is 0.933. The zero-order valence-electron chi connectivity index (χ0n) is 13.0. The maximum Gasteiger partial charge on any atom is 0.410 e. The fourth-order valence-electron chi connectivity index (χ4n) is 3.77. The van der Waals surface area contributed by atoms with Crippen LogP contribution in [0.3, 0.4) is 0 Å². The lowest BCUT2D eigenvalue weighted by Gasteiger charge is -2.50. The van der Waals surface area contributed by atoms with Crippen molar-refractivity contribution >= 4 is 6.09 Å². The molecule has 5 heteroatoms. The van der Waals surface area contributed by atoms with Crippen LogP contribution in [0.2, 0.25) is 0 Å². The van der Waals surface area contributed by atoms with Gasteiger partial charge in [0.15, 0.2) is 0 Å². The molecule has 4 nitrogen and oxygen atoms in total. The Morgan fingerprint density at radius 3 is 2.25 bits per heavy atom. The number of nitrogens with two attached hydrogens (primary N) is 1. The molecule has 2 aliphatic rings. The topological polar surface area (TPSA) is 55.6 Å². The van der Waals surface area contributed by atoms with Crippen molar-refractivity contribution in [2.45, 2.75) is 51.8 Å². The molecule has 1 heterocycles. The van der Waals surface area contributed by atoms with Crippen molar-refractivity contribution in [3.63, 3.8) is 0 Å². The molecule has 2 bridgehead atoms. The summed E-state index contributed by atoms with van der Waals surface area (Å²) in [7, 11) is 0. The molecule has 20 heavy (non-hydrogen) atoms. The van der Waals surface area contributed by atoms with Crippen molar-refractivity contribution in [1.82, 2.24) is 4.90 Å². The maximum absolute atomic E-state index is 14.3. The summed E-state index contributed by atoms with van der Waals surface area (Å²) in [5, 5.41) is 0. The highest BCUT2D eigenvalue weighted by molar-refractivity contribution is 5.68. The molecule has 2 fully saturated rings. The fourth-order valence-corrected chi connectivity index (χ4v) is 3.77. The van der Waals surface area contributed by atoms with Crippen molar-refractivity contribution < 1.29 is 13.9 Å². The number of hydrogen-bond donors (Lipinski definition) is 1. The van der Waals surface area contributed by atoms with Crippen LogP contribution in [0.4, 0.5) is 9.18 Å². The Kier molecular flexibility index (Phi) is 4.02. The van der Waals surface area contributed by atoms with Crippen molar-refractivity contribution in [2.24, 2.45) is 23.5 Å². The lowest BCUT2D eigenvalue weighted by Crippen LogP contribution is -2.57. The van der Waals surface area contributed by atoms with E-state index in [0.29, 0.717) is 38.4 Å². The van der Waals surface area contributed by atoms with Crippen LogP contribution in [-0.2, 0) is 4.74 Å². The minimum absolute atomic E-state index is 0.148. The minimum Gasteiger partial charge on any atom is -0.444 e. The van der Waals surface area contributed by atoms with Gasteiger partial charge in [-0.15, -0.1) is 0 Å². The molecule has 2 N–H and O–H groups in total. The van der Waals surface area contributed by atoms with E-state index < -0.39 is 11.3 Å². The Hall–Kier alpha value is -0.840. The van der Waals surface area contributed by atoms with Crippen LogP contribution in [0.15, 0.2) is 0 Å². The van der Waals surface area contributed by atoms with Crippen LogP contribution in [-0.4, -0.2) is 41.9 Å². The van der Waals surface area contributed by atoms with E-state index in [2.05, 4.69) is 0 Å². The average molecular weight is 286 g/mol. The second kappa shape index (κ2) is 5.17. The van der Waals surface area contributed by atoms with Crippen molar-refractivity contribution in [3.05, 3.63) is 0 Å². The third-order valence-corrected chi connectivity index (χ3v) is 4.42. The molecule has 0 aromatic carbocycles. The standard InChI is InChI=1S/C15H27FN2O2/c1-14(2,3)20-13(19)18-8-10-5-15(4,16)6-11(9-18)12(10)7-17/h10-12H,5-9,17H2,1-4H3. The van der Waals surface area contributed by atoms with Gasteiger partial charge in [0.1, 0.15) is 11.3 Å². The van der Waals surface area contributed by atoms with E-state index >= 15 is 0 Å². The highest BCUT2D eigenvalue weighted by atomic mass is 19.1. The summed E-state index contributed by atoms with van der Waals surface area (Å²) in [6.07, 6.45) is 0.695. The number of carbonyl (C=O) groups is 1. The molecule has 1 saturated heterocycles. The van der Waals surface area contributed by atoms with E-state index in [-0.39, 0.29) is 17.9 Å². The van der Waals surface area contributed by atoms with Gasteiger partial charge in [0, 0.05) is 13.1 Å². The molecule has 0 spiro atoms. The van der Waals surface area contributed by atoms with Crippen LogP contribution in [0.5, 0.6) is 0 Å². The van der Waals surface area contributed by atoms with E-state index in [1.807, 2.05) is 20.8 Å². The molecule has 1 saturated carbocycles. The number of fused-ring (bicyclic) bond motifs is 2. The van der Waals surface area contributed by atoms with Crippen LogP contribution < -0.4 is 5.73 Å². The van der Waals surface area contributed by atoms with Crippen LogP contribution >= 0.6 is 0 Å². The van der Waals surface area contributed by atoms with Gasteiger partial charge in [-0.05, 0) is 64.8 Å². The first kappa shape index (κ1) is 15.5. The summed E-state index contributed by atoms with van der Waals surface area (Å²) in [5.74, 6) is 0.627. The molecule has 116 valence electrons. The van der Waals surface area contributed by atoms with Crippen LogP contribution in [0.1, 0.15) is 40.5 Å². The predicted molar refractivity (Wildman–Crippen MR) is 76.1 cm³/mol. The number of carbonyl (C=O) groups excluding carboxylic acids is 1. The van der Waals surface area contributed by atoms with E-state index in [1.54, 1.807) is 11.8 Å². The number of halogens is 1. The Bertz CT molecular complexity index is 361. The van der Waals surface area contributed by atoms with Gasteiger partial charge in [-0.3, -0.25) is 0 Å². The third-order valence-electron chi connectivity index (χ3n) is 4.42. The van der Waals surface area contributed by atoms with E-state index in [4.69, 9.17) is 10.5 Å². The van der Waals surface area contributed by atoms with Crippen LogP contribution in [0, 0.1) is 17.8 Å². The Labute approximate surface area is 120 Å². The third kappa shape index (κ3) is 3.43. The summed E-state index contributed by atoms with van der Waals surface area (Å²) < 4.78 is 19.8. The summed E-state index contributed by atoms with van der Waals surface area (Å²) in [4.78, 5) is 13.9. The van der Waals surface area contributed by atoms with E-state index in [0.717, 1.165) is 0 Å². The highest BCUT2D eigenvalue weighted by Crippen LogP contribution is 2.45. The van der Waals surface area contributed by atoms with Crippen molar-refractivity contribution in [1.29, 1.82) is 0 Å². The van der Waals surface area contributed by atoms with Gasteiger partial charge in [0.05, 0.1) is 0 Å². The van der Waals surface area contributed by atoms with Crippen LogP contribution in [0.25, 0.3) is 0 Å². The van der Waals surface area contributed by atoms with Gasteiger partial charge >= 0.3 is 6.09 Å². The summed E-state index contributed by atoms with van der Waals surface area (Å²) in [6.45, 7) is 8.95. The number of ether oxygens (including phenoxy) is 1. The van der Waals surface area contributed by atoms with Gasteiger partial charge in [0.2, 0.25) is 0 Å². The number of rotatable bonds is 1. The molecule has 1 aliphatic carbocycles. The number of amides is 1. The molecule has 1 amide bonds. The second-order valence-corrected chi connectivity index (χ2v) is 7.63. The van der Waals surface area contributed by atoms with Gasteiger partial charge in [-0.2, -0.15) is 0 Å². The molecular weight excluding hydrogens is 259 g/mol. The molecule has 2 atom stereocenters. The maximum atomic E-state index is 14.3. The molecule has 0 aromatic rings. The monoisotopic (exact) mass is 286 g/mol. The first-order chi connectivity index (χ1) is 9.11. The highest BCUT2D eigenvalue weighted by Gasteiger charge is 2.48. The van der Waals surface area contributed by atoms with E-state index in [1.165, 1.54) is 0 Å². The molecule has 1 aliphatic heterocycles. The van der Waals surface area contributed by atoms with Gasteiger partial charge in [-0.25, -0.2) is 9.18 Å². The summed E-state index contributed by atoms with van der Waals surface area (Å²) in [6, 6.07) is 0. The normalized spacial score (nSPS) is 37.7. The number of piperidine rings is 1. The first-order valence-electron chi connectivity index (χ1n) is 7.48. The quantitative estimate of drug-likeness (QED) is 0.806. The molecular formula is C15H27FN2O2. The van der Waals surface area contributed by atoms with Gasteiger partial charge in [0.25, 0.3) is 0 Å². The summed E-state index contributed by atoms with van der Waals surface area (Å²) in [5.41, 5.74) is 4.23. The molecule has 2 unspecified atom stereocenters. The Morgan fingerprint density at radius 2 is 1.85 bits per heavy atom. The minimum atomic E-state index is -1.12. The number of likely N-dealkylation sites (tertiary alicyclic amines) is 1. The zero-order chi connectivity index (χ0) is 15.1. The SMILES string of the molecule is CC1(F)CC2CN(C(=O)OC(C)(C)C)CC(C1)C2CN. The summed E-state index contributed by atoms with van der Waals surface area (Å²) >= 11 is 0. The number of nitrogens with zero attached hydrogens (tertiary/aromatic N) is 1. The number of alkyl halides is 1. The van der Waals surface area contributed by atoms with Crippen molar-refractivity contribution in [2.75, 3.05) is 19.6 Å². The lowest BCUT2D eigenvalue weighted by molar-refractivity contribution is -0.0542. The predicted octanol–water partition coefficient (Wildman–Crippen LogP) is 2.57. The largest absolute Gasteiger partial charge is 0.444 e. The van der Waals surface area contributed by atoms with E-state index in [9.17, 15) is 9.18 Å². The lowest BCUT2D eigenvalue weighted by atomic mass is 9.64. The van der Waals surface area contributed by atoms with Gasteiger partial charge < -0.3 is 15.4 Å². The molecule has 0 aromatic heterocycles. The smallest absolute Gasteiger partial charge is 0.410 e. The van der Waals surface area contributed by atoms with Gasteiger partial charge in [-0.1, -0.05) is 0 Å². The second-order valence-electron chi connectivity index (χ2n) is 7.63. The average Bonchev–Trinajstić information content (AvgIpc) is 2.23. The zero-order valence-corrected chi connectivity index (χ0v) is 13.0. The van der Waals surface area contributed by atoms with Crippen molar-refractivity contribution in [3.8, 4) is 0 Å².